The van der Waals surface area contributed by atoms with Crippen LogP contribution in [0.5, 0.6) is 0 Å². The van der Waals surface area contributed by atoms with Crippen LogP contribution < -0.4 is 5.12 Å². The molecule has 0 N–H and O–H groups in total. The van der Waals surface area contributed by atoms with E-state index < -0.39 is 5.91 Å². The largest absolute Gasteiger partial charge is 0.272 e. The maximum atomic E-state index is 13.0. The Labute approximate surface area is 70.5 Å². The first-order chi connectivity index (χ1) is 5.75. The summed E-state index contributed by atoms with van der Waals surface area (Å²) in [6.07, 6.45) is 0.152. The van der Waals surface area contributed by atoms with Gasteiger partial charge in [-0.05, 0) is 6.07 Å². The van der Waals surface area contributed by atoms with Gasteiger partial charge in [0.05, 0.1) is 5.69 Å². The number of halogens is 1. The lowest BCUT2D eigenvalue weighted by Crippen LogP contribution is -2.20. The van der Waals surface area contributed by atoms with E-state index in [9.17, 15) is 9.28 Å². The summed E-state index contributed by atoms with van der Waals surface area (Å²) in [7, 11) is 0. The molecule has 0 spiro atoms. The van der Waals surface area contributed by atoms with E-state index in [0.29, 0.717) is 0 Å². The van der Waals surface area contributed by atoms with Gasteiger partial charge in [0, 0.05) is 12.5 Å². The van der Waals surface area contributed by atoms with Crippen LogP contribution in [0.1, 0.15) is 13.3 Å². The number of benzene rings is 1. The van der Waals surface area contributed by atoms with Crippen LogP contribution in [0.2, 0.25) is 0 Å². The van der Waals surface area contributed by atoms with E-state index in [1.165, 1.54) is 6.07 Å². The van der Waals surface area contributed by atoms with Crippen LogP contribution in [0.4, 0.5) is 10.2 Å². The van der Waals surface area contributed by atoms with Crippen molar-refractivity contribution in [1.29, 1.82) is 0 Å². The Bertz CT molecular complexity index is 260. The van der Waals surface area contributed by atoms with Gasteiger partial charge in [0.25, 0.3) is 5.91 Å². The molecule has 0 saturated heterocycles. The number of nitrogens with zero attached hydrogens (tertiary/aromatic N) is 1. The van der Waals surface area contributed by atoms with Crippen molar-refractivity contribution in [2.75, 3.05) is 5.12 Å². The lowest BCUT2D eigenvalue weighted by atomic mass is 10.3. The molecule has 1 amide bonds. The van der Waals surface area contributed by atoms with E-state index in [1.807, 2.05) is 0 Å². The number of carbonyl (C=O) groups excluding carboxylic acids is 1. The SMILES string of the molecule is CCC(=O)N(F)c1[c]cccc1. The fourth-order valence-corrected chi connectivity index (χ4v) is 0.779. The summed E-state index contributed by atoms with van der Waals surface area (Å²) in [5.74, 6) is -0.558. The quantitative estimate of drug-likeness (QED) is 0.616. The Morgan fingerprint density at radius 1 is 1.67 bits per heavy atom. The molecule has 0 atom stereocenters. The van der Waals surface area contributed by atoms with E-state index in [-0.39, 0.29) is 17.2 Å². The third-order valence-electron chi connectivity index (χ3n) is 1.43. The van der Waals surface area contributed by atoms with Gasteiger partial charge < -0.3 is 0 Å². The average molecular weight is 166 g/mol. The number of amides is 1. The second-order valence-electron chi connectivity index (χ2n) is 2.28. The zero-order valence-electron chi connectivity index (χ0n) is 6.75. The molecule has 0 aromatic heterocycles. The van der Waals surface area contributed by atoms with Gasteiger partial charge in [-0.3, -0.25) is 4.79 Å². The van der Waals surface area contributed by atoms with Gasteiger partial charge in [-0.25, -0.2) is 0 Å². The first kappa shape index (κ1) is 8.71. The molecule has 0 aliphatic heterocycles. The fourth-order valence-electron chi connectivity index (χ4n) is 0.779. The van der Waals surface area contributed by atoms with Gasteiger partial charge in [0.1, 0.15) is 0 Å². The number of hydrogen-bond donors (Lipinski definition) is 0. The fraction of sp³-hybridized carbons (Fsp3) is 0.222. The number of carbonyl (C=O) groups is 1. The third-order valence-corrected chi connectivity index (χ3v) is 1.43. The lowest BCUT2D eigenvalue weighted by molar-refractivity contribution is -0.121. The van der Waals surface area contributed by atoms with Crippen LogP contribution in [-0.4, -0.2) is 5.91 Å². The van der Waals surface area contributed by atoms with Gasteiger partial charge in [0.2, 0.25) is 0 Å². The molecule has 1 aromatic rings. The molecule has 0 fully saturated rings. The summed E-state index contributed by atoms with van der Waals surface area (Å²) in [4.78, 5) is 10.8. The molecule has 0 aliphatic rings. The standard InChI is InChI=1S/C9H9FNO/c1-2-9(12)11(10)8-6-4-3-5-7-8/h3-6H,2H2,1H3. The van der Waals surface area contributed by atoms with Crippen molar-refractivity contribution in [2.45, 2.75) is 13.3 Å². The number of hydrogen-bond acceptors (Lipinski definition) is 1. The van der Waals surface area contributed by atoms with Crippen molar-refractivity contribution in [1.82, 2.24) is 0 Å². The average Bonchev–Trinajstić information content (AvgIpc) is 2.17. The van der Waals surface area contributed by atoms with Crippen LogP contribution in [0.25, 0.3) is 0 Å². The first-order valence-corrected chi connectivity index (χ1v) is 3.71. The summed E-state index contributed by atoms with van der Waals surface area (Å²) in [5.41, 5.74) is 0.157. The molecule has 1 aromatic carbocycles. The molecule has 12 heavy (non-hydrogen) atoms. The predicted molar refractivity (Wildman–Crippen MR) is 44.2 cm³/mol. The van der Waals surface area contributed by atoms with Crippen LogP contribution >= 0.6 is 0 Å². The molecule has 63 valence electrons. The molecule has 0 bridgehead atoms. The Morgan fingerprint density at radius 2 is 2.42 bits per heavy atom. The molecule has 1 radical (unpaired) electrons. The number of para-hydroxylation sites is 1. The van der Waals surface area contributed by atoms with Gasteiger partial charge >= 0.3 is 0 Å². The lowest BCUT2D eigenvalue weighted by Gasteiger charge is -2.09. The summed E-state index contributed by atoms with van der Waals surface area (Å²) in [5, 5.41) is 0.111. The highest BCUT2D eigenvalue weighted by Crippen LogP contribution is 2.13. The van der Waals surface area contributed by atoms with E-state index >= 15 is 0 Å². The third kappa shape index (κ3) is 1.81. The van der Waals surface area contributed by atoms with Crippen molar-refractivity contribution < 1.29 is 9.28 Å². The topological polar surface area (TPSA) is 20.3 Å². The molecule has 3 heteroatoms. The minimum Gasteiger partial charge on any atom is -0.272 e. The number of anilines is 1. The van der Waals surface area contributed by atoms with Crippen LogP contribution in [0.3, 0.4) is 0 Å². The van der Waals surface area contributed by atoms with Crippen molar-refractivity contribution >= 4 is 11.6 Å². The Balaban J connectivity index is 2.78. The maximum absolute atomic E-state index is 13.0. The molecular formula is C9H9FNO. The highest BCUT2D eigenvalue weighted by molar-refractivity contribution is 5.90. The summed E-state index contributed by atoms with van der Waals surface area (Å²) in [6, 6.07) is 9.04. The van der Waals surface area contributed by atoms with E-state index in [0.717, 1.165) is 0 Å². The molecular weight excluding hydrogens is 157 g/mol. The molecule has 0 aliphatic carbocycles. The molecule has 0 unspecified atom stereocenters. The van der Waals surface area contributed by atoms with Gasteiger partial charge in [-0.2, -0.15) is 0 Å². The van der Waals surface area contributed by atoms with E-state index in [4.69, 9.17) is 0 Å². The molecule has 0 saturated carbocycles. The van der Waals surface area contributed by atoms with Gasteiger partial charge in [0.15, 0.2) is 0 Å². The van der Waals surface area contributed by atoms with Crippen LogP contribution in [0.15, 0.2) is 24.3 Å². The zero-order valence-corrected chi connectivity index (χ0v) is 6.75. The maximum Gasteiger partial charge on any atom is 0.254 e. The van der Waals surface area contributed by atoms with Crippen molar-refractivity contribution in [2.24, 2.45) is 0 Å². The second-order valence-corrected chi connectivity index (χ2v) is 2.28. The molecule has 1 rings (SSSR count). The van der Waals surface area contributed by atoms with Crippen LogP contribution in [0, 0.1) is 6.07 Å². The number of rotatable bonds is 2. The van der Waals surface area contributed by atoms with Gasteiger partial charge in [-0.1, -0.05) is 29.6 Å². The first-order valence-electron chi connectivity index (χ1n) is 3.71. The van der Waals surface area contributed by atoms with Crippen molar-refractivity contribution in [3.8, 4) is 0 Å². The van der Waals surface area contributed by atoms with Crippen LogP contribution in [-0.2, 0) is 4.79 Å². The molecule has 2 nitrogen and oxygen atoms in total. The molecule has 0 heterocycles. The smallest absolute Gasteiger partial charge is 0.254 e. The Hall–Kier alpha value is -1.38. The minimum absolute atomic E-state index is 0.111. The predicted octanol–water partition coefficient (Wildman–Crippen LogP) is 2.11. The van der Waals surface area contributed by atoms with Crippen molar-refractivity contribution in [3.63, 3.8) is 0 Å². The highest BCUT2D eigenvalue weighted by atomic mass is 19.2. The van der Waals surface area contributed by atoms with E-state index in [2.05, 4.69) is 6.07 Å². The summed E-state index contributed by atoms with van der Waals surface area (Å²) < 4.78 is 13.0. The Kier molecular flexibility index (Phi) is 2.80. The Morgan fingerprint density at radius 3 is 2.92 bits per heavy atom. The zero-order chi connectivity index (χ0) is 8.97. The normalized spacial score (nSPS) is 9.50. The summed E-state index contributed by atoms with van der Waals surface area (Å²) in [6.45, 7) is 1.61. The minimum atomic E-state index is -0.558. The van der Waals surface area contributed by atoms with Crippen molar-refractivity contribution in [3.05, 3.63) is 30.3 Å². The second kappa shape index (κ2) is 3.85. The van der Waals surface area contributed by atoms with Gasteiger partial charge in [-0.15, -0.1) is 5.12 Å². The van der Waals surface area contributed by atoms with E-state index in [1.54, 1.807) is 25.1 Å². The highest BCUT2D eigenvalue weighted by Gasteiger charge is 2.11. The summed E-state index contributed by atoms with van der Waals surface area (Å²) >= 11 is 0. The monoisotopic (exact) mass is 166 g/mol.